The van der Waals surface area contributed by atoms with Gasteiger partial charge in [-0.05, 0) is 29.3 Å². The number of ether oxygens (including phenoxy) is 1. The van der Waals surface area contributed by atoms with Crippen molar-refractivity contribution in [1.29, 1.82) is 0 Å². The van der Waals surface area contributed by atoms with Gasteiger partial charge in [0.25, 0.3) is 0 Å². The lowest BCUT2D eigenvalue weighted by Gasteiger charge is -2.27. The van der Waals surface area contributed by atoms with Gasteiger partial charge in [-0.15, -0.1) is 0 Å². The zero-order valence-corrected chi connectivity index (χ0v) is 16.3. The van der Waals surface area contributed by atoms with Gasteiger partial charge in [0, 0.05) is 5.69 Å². The zero-order chi connectivity index (χ0) is 19.3. The highest BCUT2D eigenvalue weighted by Crippen LogP contribution is 2.39. The number of nitrogens with one attached hydrogen (secondary N) is 1. The molecule has 0 aliphatic carbocycles. The van der Waals surface area contributed by atoms with E-state index in [1.165, 1.54) is 7.11 Å². The van der Waals surface area contributed by atoms with Crippen molar-refractivity contribution in [3.05, 3.63) is 102 Å². The first kappa shape index (κ1) is 18.9. The number of rotatable bonds is 5. The fourth-order valence-corrected chi connectivity index (χ4v) is 3.45. The quantitative estimate of drug-likeness (QED) is 0.475. The monoisotopic (exact) mass is 423 g/mol. The van der Waals surface area contributed by atoms with Gasteiger partial charge >= 0.3 is 5.97 Å². The Morgan fingerprint density at radius 3 is 1.93 bits per heavy atom. The molecule has 0 unspecified atom stereocenters. The van der Waals surface area contributed by atoms with Crippen molar-refractivity contribution in [2.24, 2.45) is 0 Å². The lowest BCUT2D eigenvalue weighted by atomic mass is 9.90. The van der Waals surface area contributed by atoms with Crippen LogP contribution in [0.4, 0.5) is 5.69 Å². The molecule has 0 saturated carbocycles. The number of benzene rings is 3. The molecule has 0 atom stereocenters. The van der Waals surface area contributed by atoms with Crippen LogP contribution in [0.5, 0.6) is 0 Å². The number of anilines is 1. The minimum Gasteiger partial charge on any atom is -0.465 e. The summed E-state index contributed by atoms with van der Waals surface area (Å²) in [7, 11) is 1.32. The summed E-state index contributed by atoms with van der Waals surface area (Å²) in [5.74, 6) is -0.718. The molecule has 27 heavy (non-hydrogen) atoms. The number of alkyl halides is 1. The van der Waals surface area contributed by atoms with Crippen LogP contribution in [0.3, 0.4) is 0 Å². The number of carbonyl (C=O) groups is 2. The molecular formula is C22H18BrNO3. The third-order valence-electron chi connectivity index (χ3n) is 4.20. The predicted octanol–water partition coefficient (Wildman–Crippen LogP) is 4.75. The largest absolute Gasteiger partial charge is 0.465 e. The van der Waals surface area contributed by atoms with Gasteiger partial charge in [-0.25, -0.2) is 4.79 Å². The number of hydrogen-bond acceptors (Lipinski definition) is 3. The van der Waals surface area contributed by atoms with Gasteiger partial charge in [-0.2, -0.15) is 0 Å². The third-order valence-corrected chi connectivity index (χ3v) is 5.47. The second kappa shape index (κ2) is 8.18. The molecule has 136 valence electrons. The Hall–Kier alpha value is -2.92. The van der Waals surface area contributed by atoms with Gasteiger partial charge in [0.15, 0.2) is 4.32 Å². The summed E-state index contributed by atoms with van der Waals surface area (Å²) in [6.45, 7) is 0. The van der Waals surface area contributed by atoms with Crippen LogP contribution in [0.15, 0.2) is 84.9 Å². The summed E-state index contributed by atoms with van der Waals surface area (Å²) in [5, 5.41) is 2.91. The Balaban J connectivity index is 1.99. The molecule has 3 aromatic rings. The van der Waals surface area contributed by atoms with E-state index in [9.17, 15) is 9.59 Å². The van der Waals surface area contributed by atoms with E-state index in [-0.39, 0.29) is 5.91 Å². The fourth-order valence-electron chi connectivity index (χ4n) is 2.82. The molecule has 0 aromatic heterocycles. The Bertz CT molecular complexity index is 903. The van der Waals surface area contributed by atoms with E-state index in [4.69, 9.17) is 4.74 Å². The summed E-state index contributed by atoms with van der Waals surface area (Å²) in [5.41, 5.74) is 2.49. The molecule has 3 rings (SSSR count). The number of halogens is 1. The summed E-state index contributed by atoms with van der Waals surface area (Å²) in [6, 6.07) is 25.6. The Kier molecular flexibility index (Phi) is 5.72. The molecule has 5 heteroatoms. The van der Waals surface area contributed by atoms with Crippen LogP contribution in [-0.2, 0) is 13.9 Å². The lowest BCUT2D eigenvalue weighted by Crippen LogP contribution is -2.36. The second-order valence-electron chi connectivity index (χ2n) is 5.92. The highest BCUT2D eigenvalue weighted by molar-refractivity contribution is 9.10. The highest BCUT2D eigenvalue weighted by Gasteiger charge is 2.39. The van der Waals surface area contributed by atoms with E-state index in [0.29, 0.717) is 11.3 Å². The molecule has 4 nitrogen and oxygen atoms in total. The average molecular weight is 424 g/mol. The molecule has 0 bridgehead atoms. The van der Waals surface area contributed by atoms with Crippen molar-refractivity contribution in [3.63, 3.8) is 0 Å². The Morgan fingerprint density at radius 2 is 1.41 bits per heavy atom. The fraction of sp³-hybridized carbons (Fsp3) is 0.0909. The van der Waals surface area contributed by atoms with Gasteiger partial charge in [0.05, 0.1) is 12.7 Å². The van der Waals surface area contributed by atoms with Crippen LogP contribution in [-0.4, -0.2) is 19.0 Å². The number of amides is 1. The van der Waals surface area contributed by atoms with Crippen molar-refractivity contribution in [1.82, 2.24) is 0 Å². The standard InChI is InChI=1S/C22H18BrNO3/c1-27-20(25)16-9-8-14-19(15-16)24-21(26)22(23,17-10-4-2-5-11-17)18-12-6-3-7-13-18/h2-15H,1H3,(H,24,26). The number of carbonyl (C=O) groups excluding carboxylic acids is 2. The first-order chi connectivity index (χ1) is 13.1. The molecule has 0 aliphatic rings. The van der Waals surface area contributed by atoms with E-state index >= 15 is 0 Å². The summed E-state index contributed by atoms with van der Waals surface area (Å²) < 4.78 is 3.67. The number of methoxy groups -OCH3 is 1. The SMILES string of the molecule is COC(=O)c1cccc(NC(=O)C(Br)(c2ccccc2)c2ccccc2)c1. The van der Waals surface area contributed by atoms with E-state index in [1.807, 2.05) is 60.7 Å². The van der Waals surface area contributed by atoms with Crippen LogP contribution < -0.4 is 5.32 Å². The smallest absolute Gasteiger partial charge is 0.337 e. The van der Waals surface area contributed by atoms with Crippen LogP contribution in [0, 0.1) is 0 Å². The predicted molar refractivity (Wildman–Crippen MR) is 109 cm³/mol. The molecular weight excluding hydrogens is 406 g/mol. The van der Waals surface area contributed by atoms with Crippen molar-refractivity contribution < 1.29 is 14.3 Å². The highest BCUT2D eigenvalue weighted by atomic mass is 79.9. The maximum atomic E-state index is 13.3. The molecule has 1 N–H and O–H groups in total. The second-order valence-corrected chi connectivity index (χ2v) is 7.11. The molecule has 0 heterocycles. The minimum absolute atomic E-state index is 0.262. The molecule has 3 aromatic carbocycles. The first-order valence-corrected chi connectivity index (χ1v) is 9.15. The van der Waals surface area contributed by atoms with Crippen molar-refractivity contribution in [3.8, 4) is 0 Å². The van der Waals surface area contributed by atoms with Gasteiger partial charge in [-0.3, -0.25) is 4.79 Å². The average Bonchev–Trinajstić information content (AvgIpc) is 2.74. The van der Waals surface area contributed by atoms with Gasteiger partial charge < -0.3 is 10.1 Å². The number of esters is 1. The van der Waals surface area contributed by atoms with Crippen LogP contribution in [0.1, 0.15) is 21.5 Å². The summed E-state index contributed by atoms with van der Waals surface area (Å²) in [4.78, 5) is 25.1. The first-order valence-electron chi connectivity index (χ1n) is 8.35. The van der Waals surface area contributed by atoms with E-state index in [0.717, 1.165) is 11.1 Å². The van der Waals surface area contributed by atoms with Crippen molar-refractivity contribution in [2.75, 3.05) is 12.4 Å². The van der Waals surface area contributed by atoms with E-state index < -0.39 is 10.3 Å². The summed E-state index contributed by atoms with van der Waals surface area (Å²) >= 11 is 3.68. The zero-order valence-electron chi connectivity index (χ0n) is 14.7. The topological polar surface area (TPSA) is 55.4 Å². The van der Waals surface area contributed by atoms with Crippen molar-refractivity contribution in [2.45, 2.75) is 4.32 Å². The number of hydrogen-bond donors (Lipinski definition) is 1. The van der Waals surface area contributed by atoms with E-state index in [2.05, 4.69) is 21.2 Å². The van der Waals surface area contributed by atoms with Gasteiger partial charge in [-0.1, -0.05) is 82.7 Å². The minimum atomic E-state index is -1.07. The molecule has 0 saturated heterocycles. The molecule has 0 aliphatic heterocycles. The molecule has 1 amide bonds. The van der Waals surface area contributed by atoms with Crippen LogP contribution in [0.2, 0.25) is 0 Å². The van der Waals surface area contributed by atoms with Crippen LogP contribution in [0.25, 0.3) is 0 Å². The lowest BCUT2D eigenvalue weighted by molar-refractivity contribution is -0.117. The molecule has 0 fully saturated rings. The molecule has 0 spiro atoms. The van der Waals surface area contributed by atoms with Crippen LogP contribution >= 0.6 is 15.9 Å². The maximum Gasteiger partial charge on any atom is 0.337 e. The molecule has 0 radical (unpaired) electrons. The summed E-state index contributed by atoms with van der Waals surface area (Å²) in [6.07, 6.45) is 0. The Morgan fingerprint density at radius 1 is 0.852 bits per heavy atom. The Labute approximate surface area is 166 Å². The van der Waals surface area contributed by atoms with Gasteiger partial charge in [0.2, 0.25) is 5.91 Å². The third kappa shape index (κ3) is 3.93. The van der Waals surface area contributed by atoms with E-state index in [1.54, 1.807) is 24.3 Å². The normalized spacial score (nSPS) is 10.9. The van der Waals surface area contributed by atoms with Crippen molar-refractivity contribution >= 4 is 33.5 Å². The van der Waals surface area contributed by atoms with Gasteiger partial charge in [0.1, 0.15) is 0 Å². The maximum absolute atomic E-state index is 13.3.